The monoisotopic (exact) mass is 294 g/mol. The minimum absolute atomic E-state index is 0.529. The first-order valence-electron chi connectivity index (χ1n) is 6.34. The lowest BCUT2D eigenvalue weighted by atomic mass is 10.2. The summed E-state index contributed by atoms with van der Waals surface area (Å²) in [5.74, 6) is 0. The van der Waals surface area contributed by atoms with Gasteiger partial charge in [-0.2, -0.15) is 5.10 Å². The van der Waals surface area contributed by atoms with E-state index in [1.54, 1.807) is 18.3 Å². The molecular weight excluding hydrogens is 284 g/mol. The third-order valence-corrected chi connectivity index (χ3v) is 3.96. The Balaban J connectivity index is 1.79. The maximum Gasteiger partial charge on any atom is 0.263 e. The van der Waals surface area contributed by atoms with Crippen molar-refractivity contribution < 1.29 is 4.42 Å². The molecule has 2 heterocycles. The second-order valence-electron chi connectivity index (χ2n) is 4.55. The van der Waals surface area contributed by atoms with Gasteiger partial charge in [0.1, 0.15) is 10.5 Å². The van der Waals surface area contributed by atoms with E-state index in [-0.39, 0.29) is 0 Å². The molecule has 0 saturated carbocycles. The first-order valence-corrected chi connectivity index (χ1v) is 7.15. The van der Waals surface area contributed by atoms with Gasteiger partial charge in [-0.15, -0.1) is 5.10 Å². The van der Waals surface area contributed by atoms with Gasteiger partial charge in [-0.1, -0.05) is 24.3 Å². The van der Waals surface area contributed by atoms with Crippen LogP contribution in [0.1, 0.15) is 0 Å². The third kappa shape index (κ3) is 2.19. The van der Waals surface area contributed by atoms with Crippen LogP contribution in [0.25, 0.3) is 21.9 Å². The highest BCUT2D eigenvalue weighted by Gasteiger charge is 2.11. The van der Waals surface area contributed by atoms with Crippen LogP contribution in [0.3, 0.4) is 0 Å². The van der Waals surface area contributed by atoms with Crippen molar-refractivity contribution in [3.8, 4) is 0 Å². The normalized spacial score (nSPS) is 11.2. The zero-order chi connectivity index (χ0) is 14.2. The smallest absolute Gasteiger partial charge is 0.263 e. The molecular formula is C15H10N4OS. The molecule has 4 aromatic rings. The minimum Gasteiger partial charge on any atom is -0.431 e. The third-order valence-electron chi connectivity index (χ3n) is 3.11. The summed E-state index contributed by atoms with van der Waals surface area (Å²) in [7, 11) is 0. The van der Waals surface area contributed by atoms with Gasteiger partial charge < -0.3 is 10.2 Å². The molecule has 102 valence electrons. The molecule has 0 saturated heterocycles. The summed E-state index contributed by atoms with van der Waals surface area (Å²) in [4.78, 5) is 4.43. The Bertz CT molecular complexity index is 945. The zero-order valence-electron chi connectivity index (χ0n) is 10.9. The standard InChI is InChI=1S/C15H10N4OS/c16-10-5-6-12-13(7-10)20-15(18-12)21-14-11-4-2-1-3-9(11)8-17-19-14/h1-8H,16H2. The maximum absolute atomic E-state index is 5.74. The molecule has 0 aliphatic carbocycles. The van der Waals surface area contributed by atoms with Crippen molar-refractivity contribution >= 4 is 39.3 Å². The van der Waals surface area contributed by atoms with Crippen molar-refractivity contribution in [2.75, 3.05) is 5.73 Å². The fourth-order valence-corrected chi connectivity index (χ4v) is 2.95. The van der Waals surface area contributed by atoms with Gasteiger partial charge in [-0.25, -0.2) is 4.98 Å². The van der Waals surface area contributed by atoms with E-state index in [9.17, 15) is 0 Å². The maximum atomic E-state index is 5.74. The van der Waals surface area contributed by atoms with Gasteiger partial charge >= 0.3 is 0 Å². The molecule has 21 heavy (non-hydrogen) atoms. The predicted molar refractivity (Wildman–Crippen MR) is 82.1 cm³/mol. The number of rotatable bonds is 2. The first kappa shape index (κ1) is 12.2. The Labute approximate surface area is 124 Å². The molecule has 0 unspecified atom stereocenters. The molecule has 0 radical (unpaired) electrons. The number of nitrogens with two attached hydrogens (primary N) is 1. The van der Waals surface area contributed by atoms with E-state index in [0.717, 1.165) is 21.3 Å². The molecule has 0 spiro atoms. The van der Waals surface area contributed by atoms with Crippen LogP contribution >= 0.6 is 11.8 Å². The number of hydrogen-bond acceptors (Lipinski definition) is 6. The van der Waals surface area contributed by atoms with Crippen LogP contribution in [-0.4, -0.2) is 15.2 Å². The van der Waals surface area contributed by atoms with E-state index in [0.29, 0.717) is 16.5 Å². The van der Waals surface area contributed by atoms with Gasteiger partial charge in [0.25, 0.3) is 5.22 Å². The average Bonchev–Trinajstić information content (AvgIpc) is 2.89. The van der Waals surface area contributed by atoms with Crippen LogP contribution in [0.5, 0.6) is 0 Å². The summed E-state index contributed by atoms with van der Waals surface area (Å²) in [6.45, 7) is 0. The Morgan fingerprint density at radius 1 is 1.10 bits per heavy atom. The highest BCUT2D eigenvalue weighted by molar-refractivity contribution is 7.99. The van der Waals surface area contributed by atoms with Crippen LogP contribution < -0.4 is 5.73 Å². The summed E-state index contributed by atoms with van der Waals surface area (Å²) in [6.07, 6.45) is 1.74. The Morgan fingerprint density at radius 3 is 2.95 bits per heavy atom. The van der Waals surface area contributed by atoms with Crippen LogP contribution in [0, 0.1) is 0 Å². The number of oxazole rings is 1. The van der Waals surface area contributed by atoms with Crippen molar-refractivity contribution in [1.29, 1.82) is 0 Å². The molecule has 0 bridgehead atoms. The Hall–Kier alpha value is -2.60. The number of hydrogen-bond donors (Lipinski definition) is 1. The van der Waals surface area contributed by atoms with Crippen LogP contribution in [0.2, 0.25) is 0 Å². The fraction of sp³-hybridized carbons (Fsp3) is 0. The molecule has 4 rings (SSSR count). The second kappa shape index (κ2) is 4.75. The van der Waals surface area contributed by atoms with Crippen molar-refractivity contribution in [3.63, 3.8) is 0 Å². The van der Waals surface area contributed by atoms with Crippen molar-refractivity contribution in [3.05, 3.63) is 48.7 Å². The summed E-state index contributed by atoms with van der Waals surface area (Å²) < 4.78 is 5.71. The molecule has 0 aliphatic rings. The van der Waals surface area contributed by atoms with E-state index < -0.39 is 0 Å². The van der Waals surface area contributed by atoms with Crippen molar-refractivity contribution in [2.24, 2.45) is 0 Å². The average molecular weight is 294 g/mol. The number of nitrogens with zero attached hydrogens (tertiary/aromatic N) is 3. The predicted octanol–water partition coefficient (Wildman–Crippen LogP) is 3.50. The van der Waals surface area contributed by atoms with Gasteiger partial charge in [0.05, 0.1) is 6.20 Å². The molecule has 6 heteroatoms. The molecule has 2 aromatic heterocycles. The number of fused-ring (bicyclic) bond motifs is 2. The largest absolute Gasteiger partial charge is 0.431 e. The summed E-state index contributed by atoms with van der Waals surface area (Å²) >= 11 is 1.36. The number of benzene rings is 2. The highest BCUT2D eigenvalue weighted by Crippen LogP contribution is 2.32. The lowest BCUT2D eigenvalue weighted by molar-refractivity contribution is 0.489. The van der Waals surface area contributed by atoms with E-state index in [1.165, 1.54) is 11.8 Å². The van der Waals surface area contributed by atoms with Gasteiger partial charge in [-0.05, 0) is 23.9 Å². The topological polar surface area (TPSA) is 77.8 Å². The van der Waals surface area contributed by atoms with Gasteiger partial charge in [0, 0.05) is 22.5 Å². The van der Waals surface area contributed by atoms with Gasteiger partial charge in [0.2, 0.25) is 0 Å². The van der Waals surface area contributed by atoms with E-state index >= 15 is 0 Å². The molecule has 5 nitrogen and oxygen atoms in total. The van der Waals surface area contributed by atoms with Crippen LogP contribution in [0.4, 0.5) is 5.69 Å². The van der Waals surface area contributed by atoms with Crippen LogP contribution in [-0.2, 0) is 0 Å². The molecule has 2 aromatic carbocycles. The zero-order valence-corrected chi connectivity index (χ0v) is 11.7. The number of nitrogen functional groups attached to an aromatic ring is 1. The molecule has 0 atom stereocenters. The summed E-state index contributed by atoms with van der Waals surface area (Å²) in [5, 5.41) is 11.6. The van der Waals surface area contributed by atoms with Gasteiger partial charge in [0.15, 0.2) is 5.58 Å². The number of aromatic nitrogens is 3. The summed E-state index contributed by atoms with van der Waals surface area (Å²) in [5.41, 5.74) is 7.85. The molecule has 0 amide bonds. The molecule has 0 aliphatic heterocycles. The van der Waals surface area contributed by atoms with E-state index in [2.05, 4.69) is 15.2 Å². The Kier molecular flexibility index (Phi) is 2.75. The number of anilines is 1. The van der Waals surface area contributed by atoms with Crippen LogP contribution in [0.15, 0.2) is 63.3 Å². The highest BCUT2D eigenvalue weighted by atomic mass is 32.2. The van der Waals surface area contributed by atoms with Crippen molar-refractivity contribution in [2.45, 2.75) is 10.2 Å². The SMILES string of the molecule is Nc1ccc2nc(Sc3nncc4ccccc34)oc2c1. The van der Waals surface area contributed by atoms with Crippen molar-refractivity contribution in [1.82, 2.24) is 15.2 Å². The fourth-order valence-electron chi connectivity index (χ4n) is 2.12. The van der Waals surface area contributed by atoms with E-state index in [4.69, 9.17) is 10.2 Å². The molecule has 2 N–H and O–H groups in total. The lowest BCUT2D eigenvalue weighted by Crippen LogP contribution is -1.86. The lowest BCUT2D eigenvalue weighted by Gasteiger charge is -2.00. The second-order valence-corrected chi connectivity index (χ2v) is 5.49. The quantitative estimate of drug-likeness (QED) is 0.570. The Morgan fingerprint density at radius 2 is 2.00 bits per heavy atom. The summed E-state index contributed by atoms with van der Waals surface area (Å²) in [6, 6.07) is 13.4. The van der Waals surface area contributed by atoms with E-state index in [1.807, 2.05) is 30.3 Å². The van der Waals surface area contributed by atoms with Gasteiger partial charge in [-0.3, -0.25) is 0 Å². The molecule has 0 fully saturated rings. The minimum atomic E-state index is 0.529. The first-order chi connectivity index (χ1) is 10.3.